The number of rotatable bonds is 1. The van der Waals surface area contributed by atoms with Crippen molar-refractivity contribution in [2.24, 2.45) is 0 Å². The lowest BCUT2D eigenvalue weighted by atomic mass is 10.1. The molecule has 4 heteroatoms. The largest absolute Gasteiger partial charge is 0.416 e. The van der Waals surface area contributed by atoms with Crippen molar-refractivity contribution in [2.45, 2.75) is 20.0 Å². The van der Waals surface area contributed by atoms with Crippen LogP contribution in [0.3, 0.4) is 0 Å². The fourth-order valence-corrected chi connectivity index (χ4v) is 1.91. The van der Waals surface area contributed by atoms with Gasteiger partial charge in [0.25, 0.3) is 0 Å². The van der Waals surface area contributed by atoms with Crippen molar-refractivity contribution >= 4 is 17.0 Å². The van der Waals surface area contributed by atoms with Crippen LogP contribution in [0.1, 0.15) is 23.7 Å². The van der Waals surface area contributed by atoms with Gasteiger partial charge in [0.1, 0.15) is 0 Å². The maximum Gasteiger partial charge on any atom is 0.416 e. The molecule has 0 unspecified atom stereocenters. The first-order valence-corrected chi connectivity index (χ1v) is 5.25. The summed E-state index contributed by atoms with van der Waals surface area (Å²) in [6.07, 6.45) is -0.539. The predicted octanol–water partition coefficient (Wildman–Crippen LogP) is 4.53. The van der Waals surface area contributed by atoms with Crippen LogP contribution in [0.4, 0.5) is 13.2 Å². The Morgan fingerprint density at radius 1 is 1.24 bits per heavy atom. The minimum atomic E-state index is -4.30. The Kier molecular flexibility index (Phi) is 2.73. The smallest absolute Gasteiger partial charge is 0.358 e. The molecule has 0 bridgehead atoms. The number of fused-ring (bicyclic) bond motifs is 1. The molecule has 0 fully saturated rings. The first-order valence-electron chi connectivity index (χ1n) is 5.25. The second kappa shape index (κ2) is 3.95. The Morgan fingerprint density at radius 2 is 1.94 bits per heavy atom. The van der Waals surface area contributed by atoms with Gasteiger partial charge in [0.2, 0.25) is 0 Å². The number of alkyl halides is 3. The number of hydrogen-bond donors (Lipinski definition) is 1. The first-order chi connectivity index (χ1) is 7.93. The third-order valence-electron chi connectivity index (χ3n) is 2.70. The number of aromatic nitrogens is 1. The van der Waals surface area contributed by atoms with E-state index in [0.717, 1.165) is 28.8 Å². The minimum Gasteiger partial charge on any atom is -0.358 e. The Bertz CT molecular complexity index is 576. The first kappa shape index (κ1) is 11.8. The van der Waals surface area contributed by atoms with Gasteiger partial charge in [-0.2, -0.15) is 13.2 Å². The summed E-state index contributed by atoms with van der Waals surface area (Å²) in [5, 5.41) is 0.814. The second-order valence-corrected chi connectivity index (χ2v) is 3.92. The van der Waals surface area contributed by atoms with Gasteiger partial charge in [0.15, 0.2) is 0 Å². The van der Waals surface area contributed by atoms with E-state index >= 15 is 0 Å². The van der Waals surface area contributed by atoms with Crippen molar-refractivity contribution in [3.63, 3.8) is 0 Å². The monoisotopic (exact) mass is 239 g/mol. The van der Waals surface area contributed by atoms with E-state index in [1.807, 2.05) is 26.0 Å². The third kappa shape index (κ3) is 2.07. The summed E-state index contributed by atoms with van der Waals surface area (Å²) in [6.45, 7) is 3.73. The van der Waals surface area contributed by atoms with Gasteiger partial charge in [0, 0.05) is 22.2 Å². The zero-order chi connectivity index (χ0) is 12.6. The maximum absolute atomic E-state index is 12.5. The van der Waals surface area contributed by atoms with Gasteiger partial charge in [-0.05, 0) is 26.0 Å². The summed E-state index contributed by atoms with van der Waals surface area (Å²) in [5.74, 6) is 0. The number of hydrogen-bond acceptors (Lipinski definition) is 0. The second-order valence-electron chi connectivity index (χ2n) is 3.92. The number of nitrogens with one attached hydrogen (secondary N) is 1. The highest BCUT2D eigenvalue weighted by molar-refractivity contribution is 5.90. The molecular formula is C13H12F3N. The molecule has 0 aliphatic carbocycles. The van der Waals surface area contributed by atoms with Crippen LogP contribution in [0.2, 0.25) is 0 Å². The third-order valence-corrected chi connectivity index (χ3v) is 2.70. The highest BCUT2D eigenvalue weighted by Crippen LogP contribution is 2.33. The molecule has 0 saturated carbocycles. The molecular weight excluding hydrogens is 227 g/mol. The maximum atomic E-state index is 12.5. The molecule has 0 radical (unpaired) electrons. The van der Waals surface area contributed by atoms with Crippen LogP contribution in [-0.2, 0) is 6.18 Å². The zero-order valence-corrected chi connectivity index (χ0v) is 9.52. The van der Waals surface area contributed by atoms with E-state index in [-0.39, 0.29) is 0 Å². The van der Waals surface area contributed by atoms with Crippen molar-refractivity contribution in [2.75, 3.05) is 0 Å². The summed E-state index contributed by atoms with van der Waals surface area (Å²) in [4.78, 5) is 2.97. The molecule has 1 aromatic carbocycles. The number of aromatic amines is 1. The molecule has 1 N–H and O–H groups in total. The van der Waals surface area contributed by atoms with E-state index in [2.05, 4.69) is 4.98 Å². The summed E-state index contributed by atoms with van der Waals surface area (Å²) in [7, 11) is 0. The molecule has 0 aliphatic heterocycles. The van der Waals surface area contributed by atoms with Gasteiger partial charge in [-0.1, -0.05) is 18.2 Å². The molecule has 2 aromatic rings. The summed E-state index contributed by atoms with van der Waals surface area (Å²) in [5.41, 5.74) is 1.71. The molecule has 0 atom stereocenters. The molecule has 0 spiro atoms. The Labute approximate surface area is 97.0 Å². The van der Waals surface area contributed by atoms with Gasteiger partial charge < -0.3 is 4.98 Å². The van der Waals surface area contributed by atoms with E-state index in [9.17, 15) is 13.2 Å². The number of allylic oxidation sites excluding steroid dienone is 1. The lowest BCUT2D eigenvalue weighted by Gasteiger charge is -2.05. The Hall–Kier alpha value is -1.71. The van der Waals surface area contributed by atoms with Crippen molar-refractivity contribution in [1.29, 1.82) is 0 Å². The van der Waals surface area contributed by atoms with Gasteiger partial charge in [-0.15, -0.1) is 0 Å². The van der Waals surface area contributed by atoms with Crippen LogP contribution in [0.25, 0.3) is 17.0 Å². The van der Waals surface area contributed by atoms with E-state index < -0.39 is 11.7 Å². The average molecular weight is 239 g/mol. The van der Waals surface area contributed by atoms with Crippen molar-refractivity contribution in [3.8, 4) is 0 Å². The minimum absolute atomic E-state index is 0.519. The van der Waals surface area contributed by atoms with Crippen LogP contribution >= 0.6 is 0 Å². The number of aryl methyl sites for hydroxylation is 1. The highest BCUT2D eigenvalue weighted by Gasteiger charge is 2.30. The summed E-state index contributed by atoms with van der Waals surface area (Å²) < 4.78 is 37.6. The van der Waals surface area contributed by atoms with Crippen LogP contribution in [0.15, 0.2) is 24.3 Å². The Morgan fingerprint density at radius 3 is 2.53 bits per heavy atom. The summed E-state index contributed by atoms with van der Waals surface area (Å²) in [6, 6.07) is 3.77. The van der Waals surface area contributed by atoms with Gasteiger partial charge in [-0.3, -0.25) is 0 Å². The number of halogens is 3. The topological polar surface area (TPSA) is 15.8 Å². The SMILES string of the molecule is C/C=C\c1c(C)[nH]c2cc(C(F)(F)F)ccc12. The standard InChI is InChI=1S/C13H12F3N/c1-3-4-10-8(2)17-12-7-9(13(14,15)16)5-6-11(10)12/h3-7,17H,1-2H3/b4-3-. The van der Waals surface area contributed by atoms with Crippen LogP contribution in [-0.4, -0.2) is 4.98 Å². The van der Waals surface area contributed by atoms with Crippen LogP contribution in [0, 0.1) is 6.92 Å². The highest BCUT2D eigenvalue weighted by atomic mass is 19.4. The molecule has 17 heavy (non-hydrogen) atoms. The lowest BCUT2D eigenvalue weighted by molar-refractivity contribution is -0.137. The quantitative estimate of drug-likeness (QED) is 0.752. The van der Waals surface area contributed by atoms with E-state index in [1.54, 1.807) is 0 Å². The molecule has 1 heterocycles. The number of benzene rings is 1. The fourth-order valence-electron chi connectivity index (χ4n) is 1.91. The van der Waals surface area contributed by atoms with Crippen LogP contribution < -0.4 is 0 Å². The van der Waals surface area contributed by atoms with Gasteiger partial charge in [0.05, 0.1) is 5.56 Å². The molecule has 0 aliphatic rings. The number of H-pyrrole nitrogens is 1. The summed E-state index contributed by atoms with van der Waals surface area (Å²) >= 11 is 0. The molecule has 0 amide bonds. The molecule has 90 valence electrons. The predicted molar refractivity (Wildman–Crippen MR) is 62.7 cm³/mol. The van der Waals surface area contributed by atoms with Gasteiger partial charge >= 0.3 is 6.18 Å². The van der Waals surface area contributed by atoms with E-state index in [1.165, 1.54) is 6.07 Å². The zero-order valence-electron chi connectivity index (χ0n) is 9.52. The van der Waals surface area contributed by atoms with Gasteiger partial charge in [-0.25, -0.2) is 0 Å². The molecule has 2 rings (SSSR count). The molecule has 0 saturated heterocycles. The van der Waals surface area contributed by atoms with Crippen molar-refractivity contribution < 1.29 is 13.2 Å². The van der Waals surface area contributed by atoms with Crippen LogP contribution in [0.5, 0.6) is 0 Å². The molecule has 1 nitrogen and oxygen atoms in total. The van der Waals surface area contributed by atoms with Crippen molar-refractivity contribution in [1.82, 2.24) is 4.98 Å². The molecule has 1 aromatic heterocycles. The average Bonchev–Trinajstić information content (AvgIpc) is 2.54. The van der Waals surface area contributed by atoms with E-state index in [0.29, 0.717) is 5.52 Å². The fraction of sp³-hybridized carbons (Fsp3) is 0.231. The lowest BCUT2D eigenvalue weighted by Crippen LogP contribution is -2.04. The van der Waals surface area contributed by atoms with Crippen molar-refractivity contribution in [3.05, 3.63) is 41.1 Å². The van der Waals surface area contributed by atoms with E-state index in [4.69, 9.17) is 0 Å². The normalized spacial score (nSPS) is 12.8. The Balaban J connectivity index is 2.66.